The van der Waals surface area contributed by atoms with Gasteiger partial charge in [-0.3, -0.25) is 9.67 Å². The van der Waals surface area contributed by atoms with Crippen LogP contribution in [-0.4, -0.2) is 27.9 Å². The van der Waals surface area contributed by atoms with Crippen molar-refractivity contribution >= 4 is 0 Å². The number of aromatic nitrogens is 3. The van der Waals surface area contributed by atoms with Gasteiger partial charge in [-0.05, 0) is 31.7 Å². The number of pyridine rings is 1. The molecule has 96 valence electrons. The first-order chi connectivity index (χ1) is 8.79. The van der Waals surface area contributed by atoms with Gasteiger partial charge in [0.25, 0.3) is 0 Å². The first kappa shape index (κ1) is 12.6. The SMILES string of the molecule is Cc1ccc(OCCn2cccn2)c(CCN)n1. The normalized spacial score (nSPS) is 10.6. The Bertz CT molecular complexity index is 482. The highest BCUT2D eigenvalue weighted by Crippen LogP contribution is 2.17. The third-order valence-corrected chi connectivity index (χ3v) is 2.59. The van der Waals surface area contributed by atoms with Gasteiger partial charge < -0.3 is 10.5 Å². The monoisotopic (exact) mass is 246 g/mol. The minimum absolute atomic E-state index is 0.573. The van der Waals surface area contributed by atoms with E-state index in [1.807, 2.05) is 36.0 Å². The molecule has 2 N–H and O–H groups in total. The van der Waals surface area contributed by atoms with Crippen molar-refractivity contribution in [1.29, 1.82) is 0 Å². The lowest BCUT2D eigenvalue weighted by molar-refractivity contribution is 0.287. The van der Waals surface area contributed by atoms with Gasteiger partial charge in [-0.15, -0.1) is 0 Å². The van der Waals surface area contributed by atoms with Crippen LogP contribution in [0.4, 0.5) is 0 Å². The Kier molecular flexibility index (Phi) is 4.30. The summed E-state index contributed by atoms with van der Waals surface area (Å²) in [5, 5.41) is 4.12. The molecular formula is C13H18N4O. The molecule has 0 amide bonds. The van der Waals surface area contributed by atoms with E-state index in [0.717, 1.165) is 30.1 Å². The van der Waals surface area contributed by atoms with Gasteiger partial charge >= 0.3 is 0 Å². The van der Waals surface area contributed by atoms with Crippen LogP contribution >= 0.6 is 0 Å². The van der Waals surface area contributed by atoms with Crippen LogP contribution in [0.1, 0.15) is 11.4 Å². The number of hydrogen-bond donors (Lipinski definition) is 1. The molecule has 5 nitrogen and oxygen atoms in total. The smallest absolute Gasteiger partial charge is 0.140 e. The van der Waals surface area contributed by atoms with Crippen molar-refractivity contribution in [2.24, 2.45) is 5.73 Å². The number of ether oxygens (including phenoxy) is 1. The van der Waals surface area contributed by atoms with Crippen LogP contribution in [0.2, 0.25) is 0 Å². The van der Waals surface area contributed by atoms with E-state index < -0.39 is 0 Å². The third kappa shape index (κ3) is 3.30. The van der Waals surface area contributed by atoms with Crippen LogP contribution in [0.15, 0.2) is 30.6 Å². The van der Waals surface area contributed by atoms with Gasteiger partial charge in [0.2, 0.25) is 0 Å². The molecule has 18 heavy (non-hydrogen) atoms. The minimum Gasteiger partial charge on any atom is -0.490 e. The van der Waals surface area contributed by atoms with Crippen LogP contribution in [0, 0.1) is 6.92 Å². The molecule has 2 aromatic rings. The van der Waals surface area contributed by atoms with Crippen molar-refractivity contribution in [3.8, 4) is 5.75 Å². The van der Waals surface area contributed by atoms with Crippen LogP contribution in [-0.2, 0) is 13.0 Å². The first-order valence-corrected chi connectivity index (χ1v) is 6.06. The lowest BCUT2D eigenvalue weighted by Crippen LogP contribution is -2.12. The van der Waals surface area contributed by atoms with Crippen molar-refractivity contribution in [2.75, 3.05) is 13.2 Å². The van der Waals surface area contributed by atoms with Crippen LogP contribution in [0.3, 0.4) is 0 Å². The largest absolute Gasteiger partial charge is 0.490 e. The highest BCUT2D eigenvalue weighted by atomic mass is 16.5. The maximum absolute atomic E-state index is 5.74. The zero-order valence-corrected chi connectivity index (χ0v) is 10.5. The molecule has 0 radical (unpaired) electrons. The zero-order chi connectivity index (χ0) is 12.8. The first-order valence-electron chi connectivity index (χ1n) is 6.06. The number of rotatable bonds is 6. The molecule has 0 saturated heterocycles. The fourth-order valence-corrected chi connectivity index (χ4v) is 1.73. The molecule has 0 aromatic carbocycles. The van der Waals surface area contributed by atoms with Crippen LogP contribution in [0.5, 0.6) is 5.75 Å². The average molecular weight is 246 g/mol. The Morgan fingerprint density at radius 2 is 2.28 bits per heavy atom. The highest BCUT2D eigenvalue weighted by Gasteiger charge is 2.05. The Balaban J connectivity index is 1.95. The van der Waals surface area contributed by atoms with Gasteiger partial charge in [-0.2, -0.15) is 5.10 Å². The lowest BCUT2D eigenvalue weighted by Gasteiger charge is -2.11. The predicted octanol–water partition coefficient (Wildman–Crippen LogP) is 1.17. The summed E-state index contributed by atoms with van der Waals surface area (Å²) in [7, 11) is 0. The molecular weight excluding hydrogens is 228 g/mol. The molecule has 0 aliphatic carbocycles. The van der Waals surface area contributed by atoms with Gasteiger partial charge in [0.05, 0.1) is 12.2 Å². The van der Waals surface area contributed by atoms with E-state index in [1.165, 1.54) is 0 Å². The third-order valence-electron chi connectivity index (χ3n) is 2.59. The summed E-state index contributed by atoms with van der Waals surface area (Å²) in [5.74, 6) is 0.818. The highest BCUT2D eigenvalue weighted by molar-refractivity contribution is 5.29. The van der Waals surface area contributed by atoms with Crippen molar-refractivity contribution in [2.45, 2.75) is 19.9 Å². The molecule has 2 rings (SSSR count). The minimum atomic E-state index is 0.573. The van der Waals surface area contributed by atoms with Crippen molar-refractivity contribution in [3.63, 3.8) is 0 Å². The predicted molar refractivity (Wildman–Crippen MR) is 69.5 cm³/mol. The number of aryl methyl sites for hydroxylation is 1. The van der Waals surface area contributed by atoms with Crippen LogP contribution < -0.4 is 10.5 Å². The molecule has 0 aliphatic heterocycles. The van der Waals surface area contributed by atoms with E-state index in [0.29, 0.717) is 13.2 Å². The molecule has 0 saturated carbocycles. The van der Waals surface area contributed by atoms with Gasteiger partial charge in [-0.25, -0.2) is 0 Å². The summed E-state index contributed by atoms with van der Waals surface area (Å²) in [6, 6.07) is 5.80. The molecule has 0 fully saturated rings. The van der Waals surface area contributed by atoms with Crippen LogP contribution in [0.25, 0.3) is 0 Å². The fourth-order valence-electron chi connectivity index (χ4n) is 1.73. The lowest BCUT2D eigenvalue weighted by atomic mass is 10.2. The number of nitrogens with two attached hydrogens (primary N) is 1. The molecule has 0 aliphatic rings. The van der Waals surface area contributed by atoms with E-state index in [9.17, 15) is 0 Å². The Morgan fingerprint density at radius 1 is 1.39 bits per heavy atom. The molecule has 2 heterocycles. The molecule has 0 spiro atoms. The molecule has 5 heteroatoms. The summed E-state index contributed by atoms with van der Waals surface area (Å²) in [6.45, 7) is 3.84. The van der Waals surface area contributed by atoms with Crippen molar-refractivity contribution in [1.82, 2.24) is 14.8 Å². The standard InChI is InChI=1S/C13H18N4O/c1-11-3-4-13(12(16-11)5-6-14)18-10-9-17-8-2-7-15-17/h2-4,7-8H,5-6,9-10,14H2,1H3. The maximum atomic E-state index is 5.74. The molecule has 0 bridgehead atoms. The molecule has 2 aromatic heterocycles. The Hall–Kier alpha value is -1.88. The summed E-state index contributed by atoms with van der Waals surface area (Å²) in [5.41, 5.74) is 7.49. The van der Waals surface area contributed by atoms with E-state index in [4.69, 9.17) is 10.5 Å². The zero-order valence-electron chi connectivity index (χ0n) is 10.5. The van der Waals surface area contributed by atoms with E-state index >= 15 is 0 Å². The van der Waals surface area contributed by atoms with Gasteiger partial charge in [-0.1, -0.05) is 0 Å². The Labute approximate surface area is 107 Å². The van der Waals surface area contributed by atoms with Gasteiger partial charge in [0.15, 0.2) is 0 Å². The number of nitrogens with zero attached hydrogens (tertiary/aromatic N) is 3. The summed E-state index contributed by atoms with van der Waals surface area (Å²) in [6.07, 6.45) is 4.41. The molecule has 0 unspecified atom stereocenters. The quantitative estimate of drug-likeness (QED) is 0.830. The second-order valence-corrected chi connectivity index (χ2v) is 4.05. The van der Waals surface area contributed by atoms with E-state index in [-0.39, 0.29) is 0 Å². The summed E-state index contributed by atoms with van der Waals surface area (Å²) in [4.78, 5) is 4.45. The van der Waals surface area contributed by atoms with Gasteiger partial charge in [0, 0.05) is 24.5 Å². The Morgan fingerprint density at radius 3 is 3.00 bits per heavy atom. The van der Waals surface area contributed by atoms with Gasteiger partial charge in [0.1, 0.15) is 12.4 Å². The average Bonchev–Trinajstić information content (AvgIpc) is 2.85. The maximum Gasteiger partial charge on any atom is 0.140 e. The summed E-state index contributed by atoms with van der Waals surface area (Å²) >= 11 is 0. The van der Waals surface area contributed by atoms with Crippen molar-refractivity contribution < 1.29 is 4.74 Å². The second kappa shape index (κ2) is 6.16. The van der Waals surface area contributed by atoms with E-state index in [2.05, 4.69) is 10.1 Å². The van der Waals surface area contributed by atoms with E-state index in [1.54, 1.807) is 6.20 Å². The fraction of sp³-hybridized carbons (Fsp3) is 0.385. The molecule has 0 atom stereocenters. The van der Waals surface area contributed by atoms with Crippen molar-refractivity contribution in [3.05, 3.63) is 42.0 Å². The second-order valence-electron chi connectivity index (χ2n) is 4.05. The topological polar surface area (TPSA) is 66.0 Å². The summed E-state index contributed by atoms with van der Waals surface area (Å²) < 4.78 is 7.58. The number of hydrogen-bond acceptors (Lipinski definition) is 4.